The Labute approximate surface area is 181 Å². The molecule has 4 aromatic rings. The van der Waals surface area contributed by atoms with Gasteiger partial charge in [-0.2, -0.15) is 10.1 Å². The van der Waals surface area contributed by atoms with Crippen molar-refractivity contribution in [1.82, 2.24) is 29.7 Å². The zero-order valence-corrected chi connectivity index (χ0v) is 17.6. The Morgan fingerprint density at radius 2 is 1.81 bits per heavy atom. The smallest absolute Gasteiger partial charge is 0.244 e. The van der Waals surface area contributed by atoms with Crippen LogP contribution in [-0.4, -0.2) is 55.9 Å². The molecule has 5 rings (SSSR count). The van der Waals surface area contributed by atoms with E-state index < -0.39 is 0 Å². The van der Waals surface area contributed by atoms with E-state index in [1.807, 2.05) is 47.3 Å². The van der Waals surface area contributed by atoms with Crippen LogP contribution in [0.5, 0.6) is 0 Å². The molecular formula is C24H26N6O. The Morgan fingerprint density at radius 3 is 2.58 bits per heavy atom. The normalized spacial score (nSPS) is 16.4. The number of piperazine rings is 1. The monoisotopic (exact) mass is 414 g/mol. The van der Waals surface area contributed by atoms with Gasteiger partial charge >= 0.3 is 0 Å². The first kappa shape index (κ1) is 19.7. The largest absolute Gasteiger partial charge is 0.337 e. The maximum absolute atomic E-state index is 5.58. The van der Waals surface area contributed by atoms with Gasteiger partial charge in [0.2, 0.25) is 11.7 Å². The molecule has 158 valence electrons. The van der Waals surface area contributed by atoms with Crippen molar-refractivity contribution in [2.24, 2.45) is 0 Å². The second-order valence-corrected chi connectivity index (χ2v) is 7.93. The highest BCUT2D eigenvalue weighted by molar-refractivity contribution is 5.53. The maximum Gasteiger partial charge on any atom is 0.244 e. The molecule has 0 N–H and O–H groups in total. The predicted molar refractivity (Wildman–Crippen MR) is 119 cm³/mol. The first-order valence-electron chi connectivity index (χ1n) is 10.7. The highest BCUT2D eigenvalue weighted by Crippen LogP contribution is 2.24. The molecule has 2 aromatic heterocycles. The summed E-state index contributed by atoms with van der Waals surface area (Å²) >= 11 is 0. The van der Waals surface area contributed by atoms with Crippen molar-refractivity contribution in [3.05, 3.63) is 84.5 Å². The van der Waals surface area contributed by atoms with Crippen LogP contribution in [0, 0.1) is 0 Å². The van der Waals surface area contributed by atoms with E-state index in [4.69, 9.17) is 4.52 Å². The third-order valence-corrected chi connectivity index (χ3v) is 5.87. The highest BCUT2D eigenvalue weighted by atomic mass is 16.5. The van der Waals surface area contributed by atoms with Gasteiger partial charge in [0, 0.05) is 50.7 Å². The second-order valence-electron chi connectivity index (χ2n) is 7.93. The van der Waals surface area contributed by atoms with Crippen LogP contribution in [0.2, 0.25) is 0 Å². The quantitative estimate of drug-likeness (QED) is 0.478. The van der Waals surface area contributed by atoms with Gasteiger partial charge in [-0.25, -0.2) is 4.68 Å². The van der Waals surface area contributed by atoms with E-state index >= 15 is 0 Å². The Morgan fingerprint density at radius 1 is 0.968 bits per heavy atom. The van der Waals surface area contributed by atoms with E-state index in [0.717, 1.165) is 44.0 Å². The minimum atomic E-state index is 0.107. The summed E-state index contributed by atoms with van der Waals surface area (Å²) in [5, 5.41) is 8.50. The molecule has 0 saturated carbocycles. The highest BCUT2D eigenvalue weighted by Gasteiger charge is 2.26. The number of hydrogen-bond acceptors (Lipinski definition) is 6. The lowest BCUT2D eigenvalue weighted by Gasteiger charge is -2.36. The minimum Gasteiger partial charge on any atom is -0.337 e. The van der Waals surface area contributed by atoms with Crippen LogP contribution in [-0.2, 0) is 6.54 Å². The predicted octanol–water partition coefficient (Wildman–Crippen LogP) is 3.80. The van der Waals surface area contributed by atoms with Crippen LogP contribution in [0.25, 0.3) is 17.1 Å². The van der Waals surface area contributed by atoms with Gasteiger partial charge < -0.3 is 4.52 Å². The number of aromatic nitrogens is 4. The molecule has 0 spiro atoms. The molecule has 7 heteroatoms. The third-order valence-electron chi connectivity index (χ3n) is 5.87. The molecule has 3 heterocycles. The molecule has 1 saturated heterocycles. The van der Waals surface area contributed by atoms with Crippen LogP contribution < -0.4 is 0 Å². The van der Waals surface area contributed by atoms with E-state index in [1.54, 1.807) is 6.20 Å². The molecule has 1 aliphatic rings. The first-order chi connectivity index (χ1) is 15.3. The fourth-order valence-electron chi connectivity index (χ4n) is 4.05. The Bertz CT molecular complexity index is 1100. The average molecular weight is 415 g/mol. The van der Waals surface area contributed by atoms with E-state index in [9.17, 15) is 0 Å². The molecule has 2 aromatic carbocycles. The van der Waals surface area contributed by atoms with Crippen LogP contribution in [0.1, 0.15) is 24.4 Å². The van der Waals surface area contributed by atoms with Gasteiger partial charge in [0.1, 0.15) is 0 Å². The van der Waals surface area contributed by atoms with Gasteiger partial charge in [-0.3, -0.25) is 9.80 Å². The summed E-state index contributed by atoms with van der Waals surface area (Å²) in [6, 6.07) is 20.6. The molecule has 0 amide bonds. The van der Waals surface area contributed by atoms with Gasteiger partial charge in [0.05, 0.1) is 11.7 Å². The van der Waals surface area contributed by atoms with Crippen LogP contribution in [0.3, 0.4) is 0 Å². The third kappa shape index (κ3) is 4.42. The van der Waals surface area contributed by atoms with Crippen molar-refractivity contribution in [2.45, 2.75) is 19.5 Å². The maximum atomic E-state index is 5.58. The zero-order chi connectivity index (χ0) is 21.0. The van der Waals surface area contributed by atoms with Crippen LogP contribution in [0.4, 0.5) is 0 Å². The zero-order valence-electron chi connectivity index (χ0n) is 17.6. The van der Waals surface area contributed by atoms with Crippen LogP contribution in [0.15, 0.2) is 77.6 Å². The van der Waals surface area contributed by atoms with Crippen molar-refractivity contribution in [3.63, 3.8) is 0 Å². The standard InChI is InChI=1S/C24H26N6O/c1-19(24-26-23(27-31-24)21-8-3-2-4-9-21)29-15-13-28(14-16-29)18-20-7-5-10-22(17-20)30-12-6-11-25-30/h2-12,17,19H,13-16,18H2,1H3/t19-/m1/s1. The van der Waals surface area contributed by atoms with Gasteiger partial charge in [-0.1, -0.05) is 47.6 Å². The number of rotatable bonds is 6. The molecule has 1 fully saturated rings. The molecule has 1 aliphatic heterocycles. The molecule has 0 unspecified atom stereocenters. The Balaban J connectivity index is 1.18. The lowest BCUT2D eigenvalue weighted by molar-refractivity contribution is 0.0845. The van der Waals surface area contributed by atoms with Gasteiger partial charge in [-0.15, -0.1) is 0 Å². The summed E-state index contributed by atoms with van der Waals surface area (Å²) in [6.45, 7) is 7.06. The summed E-state index contributed by atoms with van der Waals surface area (Å²) in [6.07, 6.45) is 3.78. The van der Waals surface area contributed by atoms with Crippen molar-refractivity contribution >= 4 is 0 Å². The SMILES string of the molecule is C[C@H](c1nc(-c2ccccc2)no1)N1CCN(Cc2cccc(-n3cccn3)c2)CC1. The van der Waals surface area contributed by atoms with E-state index in [-0.39, 0.29) is 6.04 Å². The van der Waals surface area contributed by atoms with Gasteiger partial charge in [0.15, 0.2) is 0 Å². The topological polar surface area (TPSA) is 63.2 Å². The molecule has 0 aliphatic carbocycles. The lowest BCUT2D eigenvalue weighted by atomic mass is 10.1. The summed E-state index contributed by atoms with van der Waals surface area (Å²) in [5.41, 5.74) is 3.38. The number of hydrogen-bond donors (Lipinski definition) is 0. The first-order valence-corrected chi connectivity index (χ1v) is 10.7. The summed E-state index contributed by atoms with van der Waals surface area (Å²) in [7, 11) is 0. The Kier molecular flexibility index (Phi) is 5.60. The average Bonchev–Trinajstić information content (AvgIpc) is 3.53. The molecular weight excluding hydrogens is 388 g/mol. The summed E-state index contributed by atoms with van der Waals surface area (Å²) < 4.78 is 7.48. The van der Waals surface area contributed by atoms with Gasteiger partial charge in [0.25, 0.3) is 0 Å². The fourth-order valence-corrected chi connectivity index (χ4v) is 4.05. The molecule has 0 radical (unpaired) electrons. The van der Waals surface area contributed by atoms with E-state index in [2.05, 4.69) is 56.2 Å². The molecule has 1 atom stereocenters. The number of benzene rings is 2. The van der Waals surface area contributed by atoms with E-state index in [1.165, 1.54) is 5.56 Å². The fraction of sp³-hybridized carbons (Fsp3) is 0.292. The summed E-state index contributed by atoms with van der Waals surface area (Å²) in [5.74, 6) is 1.33. The molecule has 0 bridgehead atoms. The minimum absolute atomic E-state index is 0.107. The van der Waals surface area contributed by atoms with Crippen molar-refractivity contribution in [2.75, 3.05) is 26.2 Å². The Hall–Kier alpha value is -3.29. The van der Waals surface area contributed by atoms with Crippen LogP contribution >= 0.6 is 0 Å². The van der Waals surface area contributed by atoms with E-state index in [0.29, 0.717) is 11.7 Å². The second kappa shape index (κ2) is 8.83. The number of nitrogens with zero attached hydrogens (tertiary/aromatic N) is 6. The van der Waals surface area contributed by atoms with Crippen molar-refractivity contribution in [3.8, 4) is 17.1 Å². The van der Waals surface area contributed by atoms with Gasteiger partial charge in [-0.05, 0) is 30.7 Å². The van der Waals surface area contributed by atoms with Crippen molar-refractivity contribution < 1.29 is 4.52 Å². The summed E-state index contributed by atoms with van der Waals surface area (Å²) in [4.78, 5) is 9.55. The lowest BCUT2D eigenvalue weighted by Crippen LogP contribution is -2.46. The molecule has 31 heavy (non-hydrogen) atoms. The van der Waals surface area contributed by atoms with Crippen molar-refractivity contribution in [1.29, 1.82) is 0 Å². The molecule has 7 nitrogen and oxygen atoms in total.